The Bertz CT molecular complexity index is 1170. The lowest BCUT2D eigenvalue weighted by Gasteiger charge is -2.25. The molecule has 2 aliphatic heterocycles. The van der Waals surface area contributed by atoms with E-state index in [-0.39, 0.29) is 24.1 Å². The first kappa shape index (κ1) is 20.5. The van der Waals surface area contributed by atoms with Crippen molar-refractivity contribution in [3.05, 3.63) is 46.3 Å². The fraction of sp³-hybridized carbons (Fsp3) is 0.333. The van der Waals surface area contributed by atoms with Crippen LogP contribution in [0.4, 0.5) is 10.8 Å². The summed E-state index contributed by atoms with van der Waals surface area (Å²) in [5.41, 5.74) is 1.83. The molecule has 2 aromatic heterocycles. The minimum atomic E-state index is -0.358. The van der Waals surface area contributed by atoms with E-state index in [1.807, 2.05) is 0 Å². The molecule has 5 rings (SSSR count). The number of carbonyl (C=O) groups is 2. The smallest absolute Gasteiger partial charge is 0.279 e. The normalized spacial score (nSPS) is 15.2. The maximum atomic E-state index is 12.6. The number of fused-ring (bicyclic) bond motifs is 2. The Morgan fingerprint density at radius 2 is 2.00 bits per heavy atom. The maximum absolute atomic E-state index is 12.6. The number of benzene rings is 1. The van der Waals surface area contributed by atoms with Gasteiger partial charge in [0.2, 0.25) is 5.91 Å². The molecule has 166 valence electrons. The van der Waals surface area contributed by atoms with Crippen LogP contribution in [0, 0.1) is 6.92 Å². The zero-order valence-electron chi connectivity index (χ0n) is 17.3. The molecule has 1 aromatic carbocycles. The minimum absolute atomic E-state index is 0.107. The third kappa shape index (κ3) is 4.43. The van der Waals surface area contributed by atoms with E-state index in [0.29, 0.717) is 60.8 Å². The molecule has 11 heteroatoms. The topological polar surface area (TPSA) is 119 Å². The molecule has 0 radical (unpaired) electrons. The number of rotatable bonds is 5. The second-order valence-corrected chi connectivity index (χ2v) is 8.62. The molecule has 2 amide bonds. The molecular formula is C21H21N5O5S. The number of aromatic nitrogens is 2. The van der Waals surface area contributed by atoms with Gasteiger partial charge in [-0.2, -0.15) is 0 Å². The van der Waals surface area contributed by atoms with Crippen molar-refractivity contribution in [1.29, 1.82) is 0 Å². The van der Waals surface area contributed by atoms with Crippen molar-refractivity contribution in [2.45, 2.75) is 19.9 Å². The first-order valence-electron chi connectivity index (χ1n) is 10.2. The van der Waals surface area contributed by atoms with Gasteiger partial charge in [0.05, 0.1) is 12.2 Å². The Morgan fingerprint density at radius 1 is 1.16 bits per heavy atom. The molecule has 0 atom stereocenters. The number of aryl methyl sites for hydroxylation is 1. The van der Waals surface area contributed by atoms with Gasteiger partial charge in [0.15, 0.2) is 22.3 Å². The SMILES string of the molecule is Cc1cc(C(=O)Nc2nc3c(s2)CN(CC(=O)Nc2ccc4c(c2)OCCO4)CC3)no1. The first-order valence-corrected chi connectivity index (χ1v) is 11.0. The van der Waals surface area contributed by atoms with E-state index in [4.69, 9.17) is 14.0 Å². The fourth-order valence-corrected chi connectivity index (χ4v) is 4.64. The summed E-state index contributed by atoms with van der Waals surface area (Å²) in [6, 6.07) is 6.94. The molecule has 32 heavy (non-hydrogen) atoms. The molecular weight excluding hydrogens is 434 g/mol. The number of anilines is 2. The number of amides is 2. The molecule has 4 heterocycles. The number of thiazole rings is 1. The summed E-state index contributed by atoms with van der Waals surface area (Å²) in [5, 5.41) is 9.92. The Kier molecular flexibility index (Phi) is 5.50. The summed E-state index contributed by atoms with van der Waals surface area (Å²) >= 11 is 1.41. The van der Waals surface area contributed by atoms with Gasteiger partial charge in [-0.15, -0.1) is 11.3 Å². The zero-order chi connectivity index (χ0) is 22.1. The molecule has 10 nitrogen and oxygen atoms in total. The summed E-state index contributed by atoms with van der Waals surface area (Å²) in [7, 11) is 0. The zero-order valence-corrected chi connectivity index (χ0v) is 18.2. The molecule has 0 aliphatic carbocycles. The van der Waals surface area contributed by atoms with Crippen LogP contribution in [-0.4, -0.2) is 53.2 Å². The van der Waals surface area contributed by atoms with Gasteiger partial charge >= 0.3 is 0 Å². The minimum Gasteiger partial charge on any atom is -0.486 e. The summed E-state index contributed by atoms with van der Waals surface area (Å²) in [4.78, 5) is 32.4. The van der Waals surface area contributed by atoms with Gasteiger partial charge in [-0.25, -0.2) is 4.98 Å². The van der Waals surface area contributed by atoms with Crippen molar-refractivity contribution in [2.75, 3.05) is 36.9 Å². The van der Waals surface area contributed by atoms with E-state index in [1.165, 1.54) is 11.3 Å². The van der Waals surface area contributed by atoms with Crippen molar-refractivity contribution in [1.82, 2.24) is 15.0 Å². The van der Waals surface area contributed by atoms with Crippen LogP contribution in [-0.2, 0) is 17.8 Å². The summed E-state index contributed by atoms with van der Waals surface area (Å²) in [6.45, 7) is 4.31. The highest BCUT2D eigenvalue weighted by Gasteiger charge is 2.24. The molecule has 0 saturated carbocycles. The lowest BCUT2D eigenvalue weighted by atomic mass is 10.2. The van der Waals surface area contributed by atoms with Crippen LogP contribution in [0.3, 0.4) is 0 Å². The van der Waals surface area contributed by atoms with E-state index in [1.54, 1.807) is 31.2 Å². The number of carbonyl (C=O) groups excluding carboxylic acids is 2. The van der Waals surface area contributed by atoms with Crippen LogP contribution in [0.15, 0.2) is 28.8 Å². The van der Waals surface area contributed by atoms with Crippen LogP contribution in [0.1, 0.15) is 26.8 Å². The van der Waals surface area contributed by atoms with Crippen LogP contribution in [0.2, 0.25) is 0 Å². The molecule has 2 N–H and O–H groups in total. The quantitative estimate of drug-likeness (QED) is 0.602. The third-order valence-corrected chi connectivity index (χ3v) is 6.08. The van der Waals surface area contributed by atoms with Gasteiger partial charge in [-0.1, -0.05) is 5.16 Å². The van der Waals surface area contributed by atoms with E-state index in [9.17, 15) is 9.59 Å². The van der Waals surface area contributed by atoms with Gasteiger partial charge in [-0.05, 0) is 19.1 Å². The van der Waals surface area contributed by atoms with Crippen LogP contribution in [0.25, 0.3) is 0 Å². The van der Waals surface area contributed by atoms with Crippen molar-refractivity contribution < 1.29 is 23.6 Å². The summed E-state index contributed by atoms with van der Waals surface area (Å²) in [6.07, 6.45) is 0.710. The summed E-state index contributed by atoms with van der Waals surface area (Å²) in [5.74, 6) is 1.42. The highest BCUT2D eigenvalue weighted by Crippen LogP contribution is 2.33. The maximum Gasteiger partial charge on any atom is 0.279 e. The Hall–Kier alpha value is -3.44. The predicted molar refractivity (Wildman–Crippen MR) is 116 cm³/mol. The largest absolute Gasteiger partial charge is 0.486 e. The number of nitrogens with zero attached hydrogens (tertiary/aromatic N) is 3. The van der Waals surface area contributed by atoms with Crippen molar-refractivity contribution in [2.24, 2.45) is 0 Å². The van der Waals surface area contributed by atoms with Gasteiger partial charge < -0.3 is 19.3 Å². The van der Waals surface area contributed by atoms with Crippen molar-refractivity contribution >= 4 is 34.0 Å². The standard InChI is InChI=1S/C21H21N5O5S/c1-12-8-15(25-31-12)20(28)24-21-23-14-4-5-26(10-18(14)32-21)11-19(27)22-13-2-3-16-17(9-13)30-7-6-29-16/h2-3,8-9H,4-7,10-11H2,1H3,(H,22,27)(H,23,24,28). The average Bonchev–Trinajstić information content (AvgIpc) is 3.39. The van der Waals surface area contributed by atoms with E-state index < -0.39 is 0 Å². The highest BCUT2D eigenvalue weighted by molar-refractivity contribution is 7.15. The Balaban J connectivity index is 1.17. The van der Waals surface area contributed by atoms with Crippen LogP contribution < -0.4 is 20.1 Å². The molecule has 2 aliphatic rings. The molecule has 0 unspecified atom stereocenters. The van der Waals surface area contributed by atoms with Crippen LogP contribution >= 0.6 is 11.3 Å². The Labute approximate surface area is 187 Å². The fourth-order valence-electron chi connectivity index (χ4n) is 3.60. The van der Waals surface area contributed by atoms with Gasteiger partial charge in [0.1, 0.15) is 19.0 Å². The van der Waals surface area contributed by atoms with Crippen molar-refractivity contribution in [3.63, 3.8) is 0 Å². The van der Waals surface area contributed by atoms with Crippen molar-refractivity contribution in [3.8, 4) is 11.5 Å². The van der Waals surface area contributed by atoms with E-state index in [0.717, 1.165) is 10.6 Å². The monoisotopic (exact) mass is 455 g/mol. The number of nitrogens with one attached hydrogen (secondary N) is 2. The lowest BCUT2D eigenvalue weighted by Crippen LogP contribution is -2.36. The number of ether oxygens (including phenoxy) is 2. The molecule has 0 fully saturated rings. The molecule has 3 aromatic rings. The van der Waals surface area contributed by atoms with Gasteiger partial charge in [-0.3, -0.25) is 19.8 Å². The number of hydrogen-bond acceptors (Lipinski definition) is 9. The summed E-state index contributed by atoms with van der Waals surface area (Å²) < 4.78 is 16.0. The average molecular weight is 455 g/mol. The first-order chi connectivity index (χ1) is 15.5. The second-order valence-electron chi connectivity index (χ2n) is 7.53. The highest BCUT2D eigenvalue weighted by atomic mass is 32.1. The van der Waals surface area contributed by atoms with Gasteiger partial charge in [0.25, 0.3) is 5.91 Å². The van der Waals surface area contributed by atoms with Gasteiger partial charge in [0, 0.05) is 42.2 Å². The third-order valence-electron chi connectivity index (χ3n) is 5.08. The number of hydrogen-bond donors (Lipinski definition) is 2. The van der Waals surface area contributed by atoms with E-state index >= 15 is 0 Å². The molecule has 0 saturated heterocycles. The van der Waals surface area contributed by atoms with Crippen LogP contribution in [0.5, 0.6) is 11.5 Å². The molecule has 0 spiro atoms. The molecule has 0 bridgehead atoms. The Morgan fingerprint density at radius 3 is 2.81 bits per heavy atom. The lowest BCUT2D eigenvalue weighted by molar-refractivity contribution is -0.117. The predicted octanol–water partition coefficient (Wildman–Crippen LogP) is 2.46. The van der Waals surface area contributed by atoms with E-state index in [2.05, 4.69) is 25.7 Å². The second kappa shape index (κ2) is 8.60.